The maximum Gasteiger partial charge on any atom is 0.182 e. The van der Waals surface area contributed by atoms with Crippen LogP contribution in [-0.2, 0) is 6.42 Å². The zero-order valence-corrected chi connectivity index (χ0v) is 6.00. The second kappa shape index (κ2) is 2.17. The second-order valence-electron chi connectivity index (χ2n) is 2.77. The summed E-state index contributed by atoms with van der Waals surface area (Å²) in [5.74, 6) is 0.0139. The number of fused-ring (bicyclic) bond motifs is 1. The van der Waals surface area contributed by atoms with E-state index in [1.165, 1.54) is 0 Å². The van der Waals surface area contributed by atoms with Crippen molar-refractivity contribution in [1.82, 2.24) is 10.2 Å². The van der Waals surface area contributed by atoms with Gasteiger partial charge in [0.1, 0.15) is 0 Å². The number of carbonyl (C=O) groups is 1. The Morgan fingerprint density at radius 3 is 3.36 bits per heavy atom. The highest BCUT2D eigenvalue weighted by Crippen LogP contribution is 2.17. The highest BCUT2D eigenvalue weighted by molar-refractivity contribution is 6.01. The summed E-state index contributed by atoms with van der Waals surface area (Å²) in [6, 6.07) is -0.319. The molecule has 2 rings (SSSR count). The van der Waals surface area contributed by atoms with Crippen LogP contribution in [0.2, 0.25) is 0 Å². The van der Waals surface area contributed by atoms with Crippen molar-refractivity contribution in [1.29, 1.82) is 0 Å². The van der Waals surface area contributed by atoms with Gasteiger partial charge in [0.15, 0.2) is 5.78 Å². The van der Waals surface area contributed by atoms with Crippen molar-refractivity contribution in [3.8, 4) is 0 Å². The van der Waals surface area contributed by atoms with Gasteiger partial charge in [-0.1, -0.05) is 0 Å². The van der Waals surface area contributed by atoms with E-state index in [0.29, 0.717) is 5.56 Å². The van der Waals surface area contributed by atoms with Crippen molar-refractivity contribution in [2.24, 2.45) is 5.73 Å². The molecule has 0 saturated carbocycles. The molecule has 1 aliphatic carbocycles. The minimum Gasteiger partial charge on any atom is -0.321 e. The molecule has 0 aliphatic heterocycles. The van der Waals surface area contributed by atoms with Crippen LogP contribution >= 0.6 is 0 Å². The minimum atomic E-state index is -0.319. The Bertz CT molecular complexity index is 292. The lowest BCUT2D eigenvalue weighted by atomic mass is 9.93. The number of carbonyl (C=O) groups excluding carboxylic acids is 1. The Balaban J connectivity index is 2.46. The van der Waals surface area contributed by atoms with E-state index in [4.69, 9.17) is 5.73 Å². The fourth-order valence-electron chi connectivity index (χ4n) is 1.35. The van der Waals surface area contributed by atoms with Gasteiger partial charge in [0.25, 0.3) is 0 Å². The number of aromatic nitrogens is 2. The van der Waals surface area contributed by atoms with Gasteiger partial charge in [0.05, 0.1) is 17.8 Å². The highest BCUT2D eigenvalue weighted by Gasteiger charge is 2.25. The molecule has 0 amide bonds. The first kappa shape index (κ1) is 6.54. The molecule has 58 valence electrons. The monoisotopic (exact) mass is 151 g/mol. The number of H-pyrrole nitrogens is 1. The van der Waals surface area contributed by atoms with Crippen molar-refractivity contribution < 1.29 is 4.79 Å². The van der Waals surface area contributed by atoms with Gasteiger partial charge in [-0.2, -0.15) is 5.10 Å². The molecular weight excluding hydrogens is 142 g/mol. The lowest BCUT2D eigenvalue weighted by Crippen LogP contribution is -2.34. The van der Waals surface area contributed by atoms with Gasteiger partial charge < -0.3 is 5.73 Å². The van der Waals surface area contributed by atoms with Crippen molar-refractivity contribution in [2.45, 2.75) is 18.9 Å². The predicted molar refractivity (Wildman–Crippen MR) is 39.2 cm³/mol. The Kier molecular flexibility index (Phi) is 1.29. The molecule has 0 saturated heterocycles. The van der Waals surface area contributed by atoms with Crippen molar-refractivity contribution in [2.75, 3.05) is 0 Å². The third-order valence-electron chi connectivity index (χ3n) is 2.03. The lowest BCUT2D eigenvalue weighted by molar-refractivity contribution is 0.0948. The molecule has 1 aliphatic rings. The minimum absolute atomic E-state index is 0.0139. The standard InChI is InChI=1S/C7H9N3O/c8-5-1-2-6-4(7(5)11)3-9-10-6/h3,5H,1-2,8H2,(H,9,10). The van der Waals surface area contributed by atoms with Crippen LogP contribution in [0.15, 0.2) is 6.20 Å². The zero-order valence-electron chi connectivity index (χ0n) is 6.00. The maximum absolute atomic E-state index is 11.3. The smallest absolute Gasteiger partial charge is 0.182 e. The van der Waals surface area contributed by atoms with Gasteiger partial charge in [0.2, 0.25) is 0 Å². The van der Waals surface area contributed by atoms with Crippen LogP contribution in [-0.4, -0.2) is 22.0 Å². The maximum atomic E-state index is 11.3. The molecule has 0 aromatic carbocycles. The van der Waals surface area contributed by atoms with Gasteiger partial charge in [0, 0.05) is 5.69 Å². The Hall–Kier alpha value is -1.16. The summed E-state index contributed by atoms with van der Waals surface area (Å²) < 4.78 is 0. The van der Waals surface area contributed by atoms with Crippen LogP contribution in [0.3, 0.4) is 0 Å². The SMILES string of the molecule is NC1CCc2[nH]ncc2C1=O. The van der Waals surface area contributed by atoms with E-state index in [2.05, 4.69) is 10.2 Å². The number of ketones is 1. The second-order valence-corrected chi connectivity index (χ2v) is 2.77. The molecule has 1 unspecified atom stereocenters. The van der Waals surface area contributed by atoms with E-state index in [0.717, 1.165) is 18.5 Å². The molecule has 0 bridgehead atoms. The topological polar surface area (TPSA) is 71.8 Å². The van der Waals surface area contributed by atoms with Crippen LogP contribution in [0.5, 0.6) is 0 Å². The summed E-state index contributed by atoms with van der Waals surface area (Å²) in [4.78, 5) is 11.3. The number of nitrogens with one attached hydrogen (secondary N) is 1. The summed E-state index contributed by atoms with van der Waals surface area (Å²) in [5.41, 5.74) is 7.16. The molecule has 0 fully saturated rings. The summed E-state index contributed by atoms with van der Waals surface area (Å²) in [6.45, 7) is 0. The first-order valence-electron chi connectivity index (χ1n) is 3.61. The number of aryl methyl sites for hydroxylation is 1. The zero-order chi connectivity index (χ0) is 7.84. The third kappa shape index (κ3) is 0.867. The summed E-state index contributed by atoms with van der Waals surface area (Å²) in [7, 11) is 0. The van der Waals surface area contributed by atoms with Crippen LogP contribution in [0.25, 0.3) is 0 Å². The molecule has 0 radical (unpaired) electrons. The molecule has 1 aromatic rings. The average molecular weight is 151 g/mol. The van der Waals surface area contributed by atoms with Crippen LogP contribution in [0.1, 0.15) is 22.5 Å². The number of hydrogen-bond donors (Lipinski definition) is 2. The quantitative estimate of drug-likeness (QED) is 0.542. The molecule has 1 atom stereocenters. The number of nitrogens with two attached hydrogens (primary N) is 1. The number of rotatable bonds is 0. The van der Waals surface area contributed by atoms with E-state index in [1.807, 2.05) is 0 Å². The number of Topliss-reactive ketones (excluding diaryl/α,β-unsaturated/α-hetero) is 1. The first-order valence-corrected chi connectivity index (χ1v) is 3.61. The number of hydrogen-bond acceptors (Lipinski definition) is 3. The van der Waals surface area contributed by atoms with E-state index in [9.17, 15) is 4.79 Å². The number of aromatic amines is 1. The van der Waals surface area contributed by atoms with Gasteiger partial charge in [-0.15, -0.1) is 0 Å². The molecule has 0 spiro atoms. The van der Waals surface area contributed by atoms with Gasteiger partial charge in [-0.05, 0) is 12.8 Å². The molecule has 1 heterocycles. The van der Waals surface area contributed by atoms with Crippen molar-refractivity contribution >= 4 is 5.78 Å². The molecule has 1 aromatic heterocycles. The molecule has 4 heteroatoms. The Morgan fingerprint density at radius 1 is 1.73 bits per heavy atom. The van der Waals surface area contributed by atoms with Crippen molar-refractivity contribution in [3.05, 3.63) is 17.5 Å². The molecular formula is C7H9N3O. The van der Waals surface area contributed by atoms with Gasteiger partial charge in [-0.3, -0.25) is 9.89 Å². The summed E-state index contributed by atoms with van der Waals surface area (Å²) in [6.07, 6.45) is 3.12. The average Bonchev–Trinajstić information content (AvgIpc) is 2.45. The molecule has 11 heavy (non-hydrogen) atoms. The fourth-order valence-corrected chi connectivity index (χ4v) is 1.35. The fraction of sp³-hybridized carbons (Fsp3) is 0.429. The van der Waals surface area contributed by atoms with Gasteiger partial charge in [-0.25, -0.2) is 0 Å². The van der Waals surface area contributed by atoms with E-state index in [1.54, 1.807) is 6.20 Å². The third-order valence-corrected chi connectivity index (χ3v) is 2.03. The van der Waals surface area contributed by atoms with E-state index < -0.39 is 0 Å². The van der Waals surface area contributed by atoms with Crippen molar-refractivity contribution in [3.63, 3.8) is 0 Å². The first-order chi connectivity index (χ1) is 5.29. The predicted octanol–water partition coefficient (Wildman–Crippen LogP) is -0.134. The summed E-state index contributed by atoms with van der Waals surface area (Å²) >= 11 is 0. The highest BCUT2D eigenvalue weighted by atomic mass is 16.1. The van der Waals surface area contributed by atoms with Crippen LogP contribution in [0, 0.1) is 0 Å². The normalized spacial score (nSPS) is 23.4. The Morgan fingerprint density at radius 2 is 2.55 bits per heavy atom. The van der Waals surface area contributed by atoms with E-state index in [-0.39, 0.29) is 11.8 Å². The molecule has 4 nitrogen and oxygen atoms in total. The molecule has 3 N–H and O–H groups in total. The van der Waals surface area contributed by atoms with Gasteiger partial charge >= 0.3 is 0 Å². The van der Waals surface area contributed by atoms with E-state index >= 15 is 0 Å². The lowest BCUT2D eigenvalue weighted by Gasteiger charge is -2.15. The largest absolute Gasteiger partial charge is 0.321 e. The number of nitrogens with zero attached hydrogens (tertiary/aromatic N) is 1. The Labute approximate surface area is 63.8 Å². The summed E-state index contributed by atoms with van der Waals surface area (Å²) in [5, 5.41) is 6.57. The van der Waals surface area contributed by atoms with Crippen LogP contribution in [0.4, 0.5) is 0 Å². The van der Waals surface area contributed by atoms with Crippen LogP contribution < -0.4 is 5.73 Å².